The van der Waals surface area contributed by atoms with Gasteiger partial charge in [-0.05, 0) is 42.7 Å². The fourth-order valence-corrected chi connectivity index (χ4v) is 5.68. The number of aromatic hydroxyl groups is 1. The molecule has 1 atom stereocenters. The molecule has 2 aliphatic heterocycles. The maximum atomic E-state index is 13.4. The zero-order valence-corrected chi connectivity index (χ0v) is 24.6. The summed E-state index contributed by atoms with van der Waals surface area (Å²) >= 11 is 0. The molecule has 3 aromatic rings. The Balaban J connectivity index is 1.36. The summed E-state index contributed by atoms with van der Waals surface area (Å²) in [6.07, 6.45) is 1.54. The minimum atomic E-state index is -4.09. The number of aliphatic imine (C=N–C) groups is 1. The van der Waals surface area contributed by atoms with Crippen LogP contribution in [0.25, 0.3) is 0 Å². The highest BCUT2D eigenvalue weighted by Gasteiger charge is 2.34. The fraction of sp³-hybridized carbons (Fsp3) is 0.357. The number of anilines is 2. The summed E-state index contributed by atoms with van der Waals surface area (Å²) < 4.78 is 37.8. The number of pyridine rings is 1. The van der Waals surface area contributed by atoms with E-state index < -0.39 is 21.7 Å². The smallest absolute Gasteiger partial charge is 0.345 e. The molecular weight excluding hydrogens is 562 g/mol. The molecule has 14 heteroatoms. The summed E-state index contributed by atoms with van der Waals surface area (Å²) in [7, 11) is -4.09. The molecule has 1 fully saturated rings. The van der Waals surface area contributed by atoms with E-state index in [1.807, 2.05) is 44.7 Å². The summed E-state index contributed by atoms with van der Waals surface area (Å²) in [6, 6.07) is 13.0. The first kappa shape index (κ1) is 28.9. The lowest BCUT2D eigenvalue weighted by molar-refractivity contribution is -0.894. The van der Waals surface area contributed by atoms with Gasteiger partial charge in [0.1, 0.15) is 36.8 Å². The molecule has 2 aromatic heterocycles. The second-order valence-corrected chi connectivity index (χ2v) is 12.6. The zero-order valence-electron chi connectivity index (χ0n) is 23.8. The Bertz CT molecular complexity index is 1670. The van der Waals surface area contributed by atoms with E-state index in [1.165, 1.54) is 18.3 Å². The lowest BCUT2D eigenvalue weighted by atomic mass is 9.85. The molecule has 0 radical (unpaired) electrons. The normalized spacial score (nSPS) is 18.5. The predicted octanol–water partition coefficient (Wildman–Crippen LogP) is 2.63. The summed E-state index contributed by atoms with van der Waals surface area (Å²) in [5, 5.41) is 24.0. The second-order valence-electron chi connectivity index (χ2n) is 11.2. The van der Waals surface area contributed by atoms with Crippen LogP contribution in [0, 0.1) is 12.3 Å². The standard InChI is InChI=1S/C28H33N7O6S/c1-18-11-12-21(41-18)24(28(2,3)4)30-26-25(31-42(39,40)32-26)29-20-9-7-8-19(23(20)36)27(37)34-16-14-33(15-17-34)22-10-5-6-13-35(22)38/h5-13,24H,14-17H2,1-4H3,(H3-,29,30,31,32,36,37,38)/p+1/t24-/m0/s1. The quantitative estimate of drug-likeness (QED) is 0.198. The van der Waals surface area contributed by atoms with E-state index in [0.717, 1.165) is 4.73 Å². The van der Waals surface area contributed by atoms with E-state index in [2.05, 4.69) is 19.4 Å². The van der Waals surface area contributed by atoms with Crippen LogP contribution in [-0.2, 0) is 10.2 Å². The van der Waals surface area contributed by atoms with E-state index in [9.17, 15) is 23.5 Å². The number of furan rings is 1. The number of aryl methyl sites for hydroxylation is 1. The van der Waals surface area contributed by atoms with E-state index in [0.29, 0.717) is 43.5 Å². The van der Waals surface area contributed by atoms with Gasteiger partial charge in [-0.15, -0.1) is 4.40 Å². The molecule has 222 valence electrons. The van der Waals surface area contributed by atoms with Crippen LogP contribution in [0.2, 0.25) is 0 Å². The highest BCUT2D eigenvalue weighted by atomic mass is 32.2. The predicted molar refractivity (Wildman–Crippen MR) is 156 cm³/mol. The van der Waals surface area contributed by atoms with Crippen molar-refractivity contribution in [3.05, 3.63) is 71.8 Å². The van der Waals surface area contributed by atoms with Crippen molar-refractivity contribution in [1.29, 1.82) is 0 Å². The number of benzene rings is 1. The number of nitrogens with one attached hydrogen (secondary N) is 2. The number of nitrogens with zero attached hydrogens (tertiary/aromatic N) is 5. The minimum Gasteiger partial charge on any atom is -0.505 e. The third-order valence-electron chi connectivity index (χ3n) is 7.00. The highest BCUT2D eigenvalue weighted by Crippen LogP contribution is 2.37. The van der Waals surface area contributed by atoms with E-state index in [1.54, 1.807) is 29.2 Å². The fourth-order valence-electron chi connectivity index (χ4n) is 4.87. The largest absolute Gasteiger partial charge is 0.505 e. The first-order valence-corrected chi connectivity index (χ1v) is 14.9. The van der Waals surface area contributed by atoms with Gasteiger partial charge in [0.25, 0.3) is 5.91 Å². The summed E-state index contributed by atoms with van der Waals surface area (Å²) in [6.45, 7) is 9.39. The molecule has 2 aliphatic rings. The Kier molecular flexibility index (Phi) is 7.58. The molecule has 1 saturated heterocycles. The van der Waals surface area contributed by atoms with Gasteiger partial charge in [-0.3, -0.25) is 14.7 Å². The van der Waals surface area contributed by atoms with Gasteiger partial charge >= 0.3 is 16.0 Å². The molecule has 4 heterocycles. The van der Waals surface area contributed by atoms with Gasteiger partial charge in [-0.2, -0.15) is 8.42 Å². The lowest BCUT2D eigenvalue weighted by Crippen LogP contribution is -2.52. The second kappa shape index (κ2) is 11.0. The number of amides is 1. The van der Waals surface area contributed by atoms with Crippen molar-refractivity contribution in [2.75, 3.05) is 36.4 Å². The molecule has 13 nitrogen and oxygen atoms in total. The zero-order chi connectivity index (χ0) is 30.2. The van der Waals surface area contributed by atoms with Crippen LogP contribution in [0.3, 0.4) is 0 Å². The minimum absolute atomic E-state index is 0.0433. The van der Waals surface area contributed by atoms with Crippen LogP contribution >= 0.6 is 0 Å². The number of piperazine rings is 1. The summed E-state index contributed by atoms with van der Waals surface area (Å²) in [4.78, 5) is 21.6. The van der Waals surface area contributed by atoms with Gasteiger partial charge in [0, 0.05) is 6.07 Å². The van der Waals surface area contributed by atoms with Crippen LogP contribution < -0.4 is 19.7 Å². The Labute approximate surface area is 244 Å². The number of hydrogen-bond acceptors (Lipinski definition) is 9. The summed E-state index contributed by atoms with van der Waals surface area (Å²) in [5.74, 6) is 0.988. The van der Waals surface area contributed by atoms with Crippen molar-refractivity contribution >= 4 is 39.3 Å². The topological polar surface area (TPSA) is 164 Å². The Hall–Kier alpha value is -4.59. The van der Waals surface area contributed by atoms with Gasteiger partial charge in [0.05, 0.1) is 24.3 Å². The summed E-state index contributed by atoms with van der Waals surface area (Å²) in [5.41, 5.74) is -0.291. The molecule has 4 N–H and O–H groups in total. The van der Waals surface area contributed by atoms with E-state index in [-0.39, 0.29) is 34.6 Å². The average molecular weight is 597 g/mol. The molecule has 0 unspecified atom stereocenters. The lowest BCUT2D eigenvalue weighted by Gasteiger charge is -2.31. The average Bonchev–Trinajstić information content (AvgIpc) is 3.48. The number of carbonyl (C=O) groups is 1. The molecular formula is C28H34N7O6S+. The molecule has 5 rings (SSSR count). The molecule has 0 bridgehead atoms. The van der Waals surface area contributed by atoms with E-state index in [4.69, 9.17) is 4.42 Å². The van der Waals surface area contributed by atoms with Crippen molar-refractivity contribution in [3.8, 4) is 5.75 Å². The monoisotopic (exact) mass is 596 g/mol. The van der Waals surface area contributed by atoms with Crippen LogP contribution in [0.15, 0.2) is 68.5 Å². The molecule has 0 aliphatic carbocycles. The number of phenols is 1. The van der Waals surface area contributed by atoms with Crippen LogP contribution in [0.1, 0.15) is 48.7 Å². The van der Waals surface area contributed by atoms with Gasteiger partial charge in [0.2, 0.25) is 0 Å². The number of rotatable bonds is 5. The number of hydrogen-bond donors (Lipinski definition) is 4. The van der Waals surface area contributed by atoms with Crippen LogP contribution in [-0.4, -0.2) is 67.4 Å². The van der Waals surface area contributed by atoms with Crippen molar-refractivity contribution in [2.24, 2.45) is 14.8 Å². The number of aromatic nitrogens is 1. The molecule has 1 amide bonds. The molecule has 0 spiro atoms. The third-order valence-corrected chi connectivity index (χ3v) is 7.87. The first-order valence-electron chi connectivity index (χ1n) is 13.4. The maximum Gasteiger partial charge on any atom is 0.345 e. The van der Waals surface area contributed by atoms with Gasteiger partial charge in [-0.1, -0.05) is 37.6 Å². The SMILES string of the molecule is Cc1ccc([C@H](N=C2NS(=O)(=O)N=C2Nc2cccc(C(=O)N3CCN(c4cccc[n+]4O)CC3)c2O)C(C)(C)C)o1. The molecule has 42 heavy (non-hydrogen) atoms. The van der Waals surface area contributed by atoms with Gasteiger partial charge in [-0.25, -0.2) is 4.72 Å². The third kappa shape index (κ3) is 6.03. The number of phenolic OH excluding ortho intramolecular Hbond substituents is 1. The Morgan fingerprint density at radius 2 is 1.86 bits per heavy atom. The highest BCUT2D eigenvalue weighted by molar-refractivity contribution is 7.89. The van der Waals surface area contributed by atoms with Crippen molar-refractivity contribution < 1.29 is 32.7 Å². The van der Waals surface area contributed by atoms with Crippen LogP contribution in [0.4, 0.5) is 11.5 Å². The first-order chi connectivity index (χ1) is 19.8. The number of amidine groups is 2. The van der Waals surface area contributed by atoms with Gasteiger partial charge in [0.15, 0.2) is 17.4 Å². The van der Waals surface area contributed by atoms with Crippen molar-refractivity contribution in [2.45, 2.75) is 33.7 Å². The molecule has 1 aromatic carbocycles. The number of carbonyl (C=O) groups excluding carboxylic acids is 1. The van der Waals surface area contributed by atoms with Crippen molar-refractivity contribution in [1.82, 2.24) is 9.62 Å². The van der Waals surface area contributed by atoms with Crippen LogP contribution in [0.5, 0.6) is 5.75 Å². The van der Waals surface area contributed by atoms with E-state index >= 15 is 0 Å². The number of para-hydroxylation sites is 1. The molecule has 0 saturated carbocycles. The maximum absolute atomic E-state index is 13.4. The Morgan fingerprint density at radius 3 is 2.50 bits per heavy atom. The van der Waals surface area contributed by atoms with Crippen molar-refractivity contribution in [3.63, 3.8) is 0 Å². The van der Waals surface area contributed by atoms with Gasteiger partial charge < -0.3 is 24.9 Å². The Morgan fingerprint density at radius 1 is 1.12 bits per heavy atom.